The highest BCUT2D eigenvalue weighted by atomic mass is 16.5. The lowest BCUT2D eigenvalue weighted by Gasteiger charge is -2.58. The molecule has 3 rings (SSSR count). The molecule has 0 saturated heterocycles. The molecule has 0 radical (unpaired) electrons. The summed E-state index contributed by atoms with van der Waals surface area (Å²) in [4.78, 5) is 0. The zero-order valence-electron chi connectivity index (χ0n) is 17.0. The fourth-order valence-corrected chi connectivity index (χ4v) is 6.21. The molecule has 1 nitrogen and oxygen atoms in total. The van der Waals surface area contributed by atoms with Crippen LogP contribution in [-0.2, 0) is 6.42 Å². The first-order chi connectivity index (χ1) is 11.8. The summed E-state index contributed by atoms with van der Waals surface area (Å²) in [5, 5.41) is 0. The molecule has 0 spiro atoms. The van der Waals surface area contributed by atoms with Crippen molar-refractivity contribution in [2.45, 2.75) is 72.6 Å². The predicted molar refractivity (Wildman–Crippen MR) is 107 cm³/mol. The van der Waals surface area contributed by atoms with Gasteiger partial charge in [-0.2, -0.15) is 0 Å². The van der Waals surface area contributed by atoms with E-state index in [1.807, 2.05) is 0 Å². The van der Waals surface area contributed by atoms with Crippen molar-refractivity contribution in [3.8, 4) is 5.75 Å². The van der Waals surface area contributed by atoms with Crippen molar-refractivity contribution in [1.82, 2.24) is 0 Å². The summed E-state index contributed by atoms with van der Waals surface area (Å²) in [5.74, 6) is 2.49. The molecule has 25 heavy (non-hydrogen) atoms. The lowest BCUT2D eigenvalue weighted by atomic mass is 9.47. The van der Waals surface area contributed by atoms with Crippen molar-refractivity contribution < 1.29 is 4.74 Å². The van der Waals surface area contributed by atoms with Gasteiger partial charge in [0.2, 0.25) is 0 Å². The minimum atomic E-state index is 0.436. The number of fused-ring (bicyclic) bond motifs is 1. The first-order valence-corrected chi connectivity index (χ1v) is 10.1. The van der Waals surface area contributed by atoms with Crippen LogP contribution >= 0.6 is 0 Å². The molecule has 0 aliphatic heterocycles. The van der Waals surface area contributed by atoms with E-state index in [1.54, 1.807) is 7.11 Å². The number of rotatable bonds is 4. The maximum absolute atomic E-state index is 5.46. The third-order valence-electron chi connectivity index (χ3n) is 7.39. The Kier molecular flexibility index (Phi) is 5.06. The van der Waals surface area contributed by atoms with Crippen LogP contribution in [0.1, 0.15) is 70.4 Å². The minimum Gasteiger partial charge on any atom is -0.497 e. The van der Waals surface area contributed by atoms with E-state index in [2.05, 4.69) is 52.5 Å². The molecule has 1 heteroatoms. The second-order valence-corrected chi connectivity index (χ2v) is 9.55. The summed E-state index contributed by atoms with van der Waals surface area (Å²) in [7, 11) is 1.76. The molecular formula is C24H36O. The number of methoxy groups -OCH3 is 1. The summed E-state index contributed by atoms with van der Waals surface area (Å²) in [5.41, 5.74) is 5.13. The second-order valence-electron chi connectivity index (χ2n) is 9.55. The standard InChI is InChI=1S/C24H36O/c1-17-14-19(16-20(15-17)25-6)9-10-21-18(2)8-11-22-23(3,4)12-7-13-24(21,22)5/h14-16,21-22H,2,7-13H2,1,3-6H3/t21-,22-,24+/m0/s1. The monoisotopic (exact) mass is 340 g/mol. The van der Waals surface area contributed by atoms with Gasteiger partial charge in [0.15, 0.2) is 0 Å². The van der Waals surface area contributed by atoms with Gasteiger partial charge in [-0.3, -0.25) is 0 Å². The maximum Gasteiger partial charge on any atom is 0.119 e. The number of ether oxygens (including phenoxy) is 1. The Morgan fingerprint density at radius 3 is 2.64 bits per heavy atom. The smallest absolute Gasteiger partial charge is 0.119 e. The first kappa shape index (κ1) is 18.5. The van der Waals surface area contributed by atoms with E-state index in [0.29, 0.717) is 16.7 Å². The molecule has 0 amide bonds. The van der Waals surface area contributed by atoms with Gasteiger partial charge in [-0.25, -0.2) is 0 Å². The van der Waals surface area contributed by atoms with Gasteiger partial charge in [-0.15, -0.1) is 0 Å². The molecule has 0 unspecified atom stereocenters. The number of hydrogen-bond donors (Lipinski definition) is 0. The zero-order chi connectivity index (χ0) is 18.2. The molecule has 3 atom stereocenters. The van der Waals surface area contributed by atoms with Gasteiger partial charge in [0, 0.05) is 0 Å². The molecule has 0 N–H and O–H groups in total. The third kappa shape index (κ3) is 3.52. The Morgan fingerprint density at radius 1 is 1.16 bits per heavy atom. The van der Waals surface area contributed by atoms with Crippen molar-refractivity contribution in [1.29, 1.82) is 0 Å². The Labute approximate surface area is 154 Å². The highest BCUT2D eigenvalue weighted by molar-refractivity contribution is 5.34. The molecule has 0 aromatic heterocycles. The summed E-state index contributed by atoms with van der Waals surface area (Å²) in [6.45, 7) is 14.3. The van der Waals surface area contributed by atoms with Crippen LogP contribution in [0.25, 0.3) is 0 Å². The van der Waals surface area contributed by atoms with Gasteiger partial charge in [0.25, 0.3) is 0 Å². The molecule has 2 aliphatic carbocycles. The lowest BCUT2D eigenvalue weighted by molar-refractivity contribution is -0.0539. The van der Waals surface area contributed by atoms with E-state index in [1.165, 1.54) is 55.2 Å². The van der Waals surface area contributed by atoms with Gasteiger partial charge < -0.3 is 4.74 Å². The van der Waals surface area contributed by atoms with E-state index >= 15 is 0 Å². The normalized spacial score (nSPS) is 31.5. The van der Waals surface area contributed by atoms with Crippen molar-refractivity contribution in [3.05, 3.63) is 41.5 Å². The molecule has 1 aromatic rings. The van der Waals surface area contributed by atoms with Crippen LogP contribution < -0.4 is 4.74 Å². The molecule has 0 bridgehead atoms. The van der Waals surface area contributed by atoms with E-state index in [-0.39, 0.29) is 0 Å². The Hall–Kier alpha value is -1.24. The summed E-state index contributed by atoms with van der Waals surface area (Å²) < 4.78 is 5.46. The highest BCUT2D eigenvalue weighted by Crippen LogP contribution is 2.61. The lowest BCUT2D eigenvalue weighted by Crippen LogP contribution is -2.49. The molecular weight excluding hydrogens is 304 g/mol. The highest BCUT2D eigenvalue weighted by Gasteiger charge is 2.52. The molecule has 138 valence electrons. The van der Waals surface area contributed by atoms with E-state index in [4.69, 9.17) is 4.74 Å². The zero-order valence-corrected chi connectivity index (χ0v) is 17.0. The van der Waals surface area contributed by atoms with Gasteiger partial charge in [0.05, 0.1) is 7.11 Å². The van der Waals surface area contributed by atoms with Crippen LogP contribution in [-0.4, -0.2) is 7.11 Å². The SMILES string of the molecule is C=C1CC[C@H]2C(C)(C)CCC[C@]2(C)[C@H]1CCc1cc(C)cc(OC)c1. The molecule has 2 fully saturated rings. The minimum absolute atomic E-state index is 0.436. The number of allylic oxidation sites excluding steroid dienone is 1. The quantitative estimate of drug-likeness (QED) is 0.552. The van der Waals surface area contributed by atoms with Crippen LogP contribution in [0.15, 0.2) is 30.4 Å². The number of benzene rings is 1. The predicted octanol–water partition coefficient (Wildman–Crippen LogP) is 6.74. The van der Waals surface area contributed by atoms with Gasteiger partial charge in [0.1, 0.15) is 5.75 Å². The Bertz CT molecular complexity index is 641. The molecule has 0 heterocycles. The number of aryl methyl sites for hydroxylation is 2. The fraction of sp³-hybridized carbons (Fsp3) is 0.667. The van der Waals surface area contributed by atoms with Crippen LogP contribution in [0, 0.1) is 29.6 Å². The second kappa shape index (κ2) is 6.82. The van der Waals surface area contributed by atoms with Crippen molar-refractivity contribution in [2.24, 2.45) is 22.7 Å². The van der Waals surface area contributed by atoms with Crippen molar-refractivity contribution in [3.63, 3.8) is 0 Å². The Balaban J connectivity index is 1.80. The van der Waals surface area contributed by atoms with Crippen molar-refractivity contribution >= 4 is 0 Å². The van der Waals surface area contributed by atoms with E-state index < -0.39 is 0 Å². The molecule has 2 saturated carbocycles. The summed E-state index contributed by atoms with van der Waals surface area (Å²) in [6.07, 6.45) is 9.08. The summed E-state index contributed by atoms with van der Waals surface area (Å²) in [6, 6.07) is 6.64. The van der Waals surface area contributed by atoms with Gasteiger partial charge in [-0.1, -0.05) is 45.4 Å². The molecule has 1 aromatic carbocycles. The number of hydrogen-bond acceptors (Lipinski definition) is 1. The maximum atomic E-state index is 5.46. The summed E-state index contributed by atoms with van der Waals surface area (Å²) >= 11 is 0. The van der Waals surface area contributed by atoms with Gasteiger partial charge >= 0.3 is 0 Å². The van der Waals surface area contributed by atoms with E-state index in [0.717, 1.165) is 18.1 Å². The van der Waals surface area contributed by atoms with Crippen LogP contribution in [0.2, 0.25) is 0 Å². The van der Waals surface area contributed by atoms with Crippen molar-refractivity contribution in [2.75, 3.05) is 7.11 Å². The molecule has 2 aliphatic rings. The fourth-order valence-electron chi connectivity index (χ4n) is 6.21. The van der Waals surface area contributed by atoms with E-state index in [9.17, 15) is 0 Å². The van der Waals surface area contributed by atoms with Crippen LogP contribution in [0.3, 0.4) is 0 Å². The average molecular weight is 341 g/mol. The third-order valence-corrected chi connectivity index (χ3v) is 7.39. The Morgan fingerprint density at radius 2 is 1.92 bits per heavy atom. The van der Waals surface area contributed by atoms with Gasteiger partial charge in [-0.05, 0) is 91.4 Å². The van der Waals surface area contributed by atoms with Crippen LogP contribution in [0.4, 0.5) is 0 Å². The first-order valence-electron chi connectivity index (χ1n) is 10.1. The average Bonchev–Trinajstić information content (AvgIpc) is 2.52. The topological polar surface area (TPSA) is 9.23 Å². The van der Waals surface area contributed by atoms with Crippen LogP contribution in [0.5, 0.6) is 5.75 Å². The largest absolute Gasteiger partial charge is 0.497 e.